The van der Waals surface area contributed by atoms with Crippen LogP contribution in [0.3, 0.4) is 0 Å². The summed E-state index contributed by atoms with van der Waals surface area (Å²) >= 11 is 1.93. The average Bonchev–Trinajstić information content (AvgIpc) is 3.63. The first-order valence-electron chi connectivity index (χ1n) is 25.2. The van der Waals surface area contributed by atoms with Crippen molar-refractivity contribution in [2.24, 2.45) is 0 Å². The van der Waals surface area contributed by atoms with Crippen LogP contribution >= 0.6 is 11.3 Å². The Balaban J connectivity index is 1.22. The first-order valence-corrected chi connectivity index (χ1v) is 26.0. The topological polar surface area (TPSA) is 6.48 Å². The molecular formula is C62H69BN2S. The molecule has 0 saturated heterocycles. The molecule has 4 heteroatoms. The molecule has 0 saturated carbocycles. The lowest BCUT2D eigenvalue weighted by molar-refractivity contribution is 0.331. The Hall–Kier alpha value is -4.80. The van der Waals surface area contributed by atoms with Crippen molar-refractivity contribution < 1.29 is 0 Å². The summed E-state index contributed by atoms with van der Waals surface area (Å²) in [6.07, 6.45) is 7.16. The second-order valence-corrected chi connectivity index (χ2v) is 26.6. The van der Waals surface area contributed by atoms with Gasteiger partial charge in [-0.2, -0.15) is 0 Å². The number of nitrogens with zero attached hydrogens (tertiary/aromatic N) is 2. The van der Waals surface area contributed by atoms with E-state index in [0.717, 1.165) is 0 Å². The van der Waals surface area contributed by atoms with Crippen molar-refractivity contribution in [2.45, 2.75) is 168 Å². The molecule has 0 fully saturated rings. The monoisotopic (exact) mass is 885 g/mol. The summed E-state index contributed by atoms with van der Waals surface area (Å²) in [5.74, 6) is 0. The molecule has 0 amide bonds. The molecule has 66 heavy (non-hydrogen) atoms. The molecule has 12 rings (SSSR count). The maximum atomic E-state index is 2.76. The Morgan fingerprint density at radius 1 is 0.409 bits per heavy atom. The minimum absolute atomic E-state index is 0.0707. The van der Waals surface area contributed by atoms with Gasteiger partial charge in [0.05, 0.1) is 0 Å². The van der Waals surface area contributed by atoms with Gasteiger partial charge in [-0.25, -0.2) is 0 Å². The Morgan fingerprint density at radius 3 is 1.36 bits per heavy atom. The number of thiophene rings is 1. The minimum atomic E-state index is 0.0707. The zero-order valence-electron chi connectivity index (χ0n) is 42.3. The maximum Gasteiger partial charge on any atom is 0.252 e. The smallest absolute Gasteiger partial charge is 0.252 e. The molecular weight excluding hydrogens is 816 g/mol. The van der Waals surface area contributed by atoms with Crippen LogP contribution < -0.4 is 26.2 Å². The minimum Gasteiger partial charge on any atom is -0.311 e. The van der Waals surface area contributed by atoms with Crippen LogP contribution in [0.1, 0.15) is 166 Å². The fourth-order valence-electron chi connectivity index (χ4n) is 13.6. The Bertz CT molecular complexity index is 3260. The number of anilines is 6. The van der Waals surface area contributed by atoms with E-state index in [4.69, 9.17) is 0 Å². The molecule has 3 heterocycles. The van der Waals surface area contributed by atoms with Crippen LogP contribution in [0.2, 0.25) is 0 Å². The van der Waals surface area contributed by atoms with Crippen LogP contribution in [0, 0.1) is 13.8 Å². The highest BCUT2D eigenvalue weighted by Gasteiger charge is 2.49. The van der Waals surface area contributed by atoms with Gasteiger partial charge in [-0.3, -0.25) is 0 Å². The van der Waals surface area contributed by atoms with Crippen molar-refractivity contribution in [2.75, 3.05) is 9.80 Å². The van der Waals surface area contributed by atoms with Gasteiger partial charge in [-0.15, -0.1) is 11.3 Å². The van der Waals surface area contributed by atoms with Crippen molar-refractivity contribution in [1.82, 2.24) is 0 Å². The molecule has 0 bridgehead atoms. The van der Waals surface area contributed by atoms with E-state index in [1.807, 2.05) is 11.3 Å². The quantitative estimate of drug-likeness (QED) is 0.160. The number of hydrogen-bond donors (Lipinski definition) is 0. The summed E-state index contributed by atoms with van der Waals surface area (Å²) in [5.41, 5.74) is 24.6. The lowest BCUT2D eigenvalue weighted by Crippen LogP contribution is -2.62. The van der Waals surface area contributed by atoms with Crippen LogP contribution in [-0.4, -0.2) is 6.71 Å². The van der Waals surface area contributed by atoms with E-state index in [1.54, 1.807) is 5.56 Å². The molecule has 1 aromatic heterocycles. The first kappa shape index (κ1) is 42.6. The van der Waals surface area contributed by atoms with Gasteiger partial charge < -0.3 is 9.80 Å². The zero-order chi connectivity index (χ0) is 46.4. The average molecular weight is 885 g/mol. The normalized spacial score (nSPS) is 20.8. The summed E-state index contributed by atoms with van der Waals surface area (Å²) in [4.78, 5) is 5.45. The van der Waals surface area contributed by atoms with E-state index in [-0.39, 0.29) is 39.2 Å². The summed E-state index contributed by atoms with van der Waals surface area (Å²) in [5, 5.41) is 2.70. The number of fused-ring (bicyclic) bond motifs is 10. The third kappa shape index (κ3) is 5.91. The van der Waals surface area contributed by atoms with Gasteiger partial charge in [-0.1, -0.05) is 126 Å². The van der Waals surface area contributed by atoms with Gasteiger partial charge in [0.15, 0.2) is 0 Å². The van der Waals surface area contributed by atoms with Crippen molar-refractivity contribution in [3.05, 3.63) is 136 Å². The van der Waals surface area contributed by atoms with Gasteiger partial charge in [0, 0.05) is 54.3 Å². The van der Waals surface area contributed by atoms with Crippen molar-refractivity contribution in [3.8, 4) is 0 Å². The molecule has 3 aliphatic carbocycles. The fraction of sp³-hybridized carbons (Fsp3) is 0.419. The molecule has 0 atom stereocenters. The van der Waals surface area contributed by atoms with Crippen molar-refractivity contribution in [3.63, 3.8) is 0 Å². The Labute approximate surface area is 399 Å². The van der Waals surface area contributed by atoms with Gasteiger partial charge in [0.2, 0.25) is 0 Å². The number of benzene rings is 6. The number of aryl methyl sites for hydroxylation is 2. The van der Waals surface area contributed by atoms with Crippen molar-refractivity contribution in [1.29, 1.82) is 0 Å². The second-order valence-electron chi connectivity index (χ2n) is 25.5. The predicted molar refractivity (Wildman–Crippen MR) is 289 cm³/mol. The Morgan fingerprint density at radius 2 is 0.833 bits per heavy atom. The molecule has 5 aliphatic rings. The van der Waals surface area contributed by atoms with Crippen LogP contribution in [0.5, 0.6) is 0 Å². The molecule has 2 aliphatic heterocycles. The van der Waals surface area contributed by atoms with Crippen molar-refractivity contribution >= 4 is 88.7 Å². The van der Waals surface area contributed by atoms with Gasteiger partial charge in [0.25, 0.3) is 6.71 Å². The summed E-state index contributed by atoms with van der Waals surface area (Å²) < 4.78 is 2.69. The highest BCUT2D eigenvalue weighted by atomic mass is 32.1. The van der Waals surface area contributed by atoms with E-state index in [0.29, 0.717) is 0 Å². The fourth-order valence-corrected chi connectivity index (χ4v) is 14.7. The molecule has 6 aromatic carbocycles. The van der Waals surface area contributed by atoms with Gasteiger partial charge in [0.1, 0.15) is 0 Å². The third-order valence-electron chi connectivity index (χ3n) is 18.2. The third-order valence-corrected chi connectivity index (χ3v) is 19.3. The first-order chi connectivity index (χ1) is 31.0. The van der Waals surface area contributed by atoms with Gasteiger partial charge >= 0.3 is 0 Å². The molecule has 0 N–H and O–H groups in total. The van der Waals surface area contributed by atoms with Crippen LogP contribution in [-0.2, 0) is 32.5 Å². The SMILES string of the molecule is Cc1cc2c3c(c1)N(c1cc4c(cc1C)C(C)(C)CCC4(C)C)c1cc4c(cc1B3c1cc3c(cc1N2c1ccc2c(c1)sc1ccccc12)C(C)(C)CCC3(C)C)C(C)(C)CCC4(C)C. The molecule has 2 nitrogen and oxygen atoms in total. The maximum absolute atomic E-state index is 2.76. The highest BCUT2D eigenvalue weighted by molar-refractivity contribution is 7.25. The van der Waals surface area contributed by atoms with Gasteiger partial charge in [-0.05, 0) is 194 Å². The molecule has 0 radical (unpaired) electrons. The molecule has 0 spiro atoms. The van der Waals surface area contributed by atoms with E-state index in [1.165, 1.54) is 148 Å². The summed E-state index contributed by atoms with van der Waals surface area (Å²) in [7, 11) is 0. The Kier molecular flexibility index (Phi) is 8.68. The van der Waals surface area contributed by atoms with E-state index >= 15 is 0 Å². The second kappa shape index (κ2) is 13.5. The van der Waals surface area contributed by atoms with E-state index in [2.05, 4.69) is 198 Å². The largest absolute Gasteiger partial charge is 0.311 e. The van der Waals surface area contributed by atoms with E-state index < -0.39 is 0 Å². The summed E-state index contributed by atoms with van der Waals surface area (Å²) in [6.45, 7) is 34.7. The summed E-state index contributed by atoms with van der Waals surface area (Å²) in [6, 6.07) is 37.4. The lowest BCUT2D eigenvalue weighted by Gasteiger charge is -2.49. The van der Waals surface area contributed by atoms with Crippen LogP contribution in [0.25, 0.3) is 20.2 Å². The number of rotatable bonds is 2. The highest BCUT2D eigenvalue weighted by Crippen LogP contribution is 2.55. The van der Waals surface area contributed by atoms with Crippen LogP contribution in [0.15, 0.2) is 91.0 Å². The predicted octanol–water partition coefficient (Wildman–Crippen LogP) is 15.8. The molecule has 7 aromatic rings. The molecule has 336 valence electrons. The van der Waals surface area contributed by atoms with E-state index in [9.17, 15) is 0 Å². The molecule has 0 unspecified atom stereocenters. The van der Waals surface area contributed by atoms with Crippen LogP contribution in [0.4, 0.5) is 34.1 Å². The number of hydrogen-bond acceptors (Lipinski definition) is 3. The lowest BCUT2D eigenvalue weighted by atomic mass is 9.32. The standard InChI is InChI=1S/C62H69BN2S/c1-36-27-52-56-53(28-36)65(49-33-44-41(29-37(49)2)57(3,4)21-24-60(44,9)10)51-35-46-43(59(7,8)23-26-62(46,13)14)32-48(51)63(56)47-31-42-45(61(11,12)25-22-58(42,5)6)34-50(47)64(52)38-19-20-40-39-17-15-16-18-54(39)66-55(40)30-38/h15-20,27-35H,21-26H2,1-14H3. The zero-order valence-corrected chi connectivity index (χ0v) is 43.1.